The van der Waals surface area contributed by atoms with Crippen LogP contribution in [0.1, 0.15) is 0 Å². The smallest absolute Gasteiger partial charge is 0.239 e. The van der Waals surface area contributed by atoms with Crippen molar-refractivity contribution in [3.05, 3.63) is 51.1 Å². The fourth-order valence-corrected chi connectivity index (χ4v) is 4.27. The van der Waals surface area contributed by atoms with Gasteiger partial charge in [-0.1, -0.05) is 29.8 Å². The Bertz CT molecular complexity index is 992. The number of rotatable bonds is 0. The van der Waals surface area contributed by atoms with E-state index in [1.54, 1.807) is 0 Å². The third-order valence-electron chi connectivity index (χ3n) is 3.81. The van der Waals surface area contributed by atoms with Gasteiger partial charge in [0.1, 0.15) is 12.6 Å². The number of hydrogen-bond donors (Lipinski definition) is 1. The molecule has 2 aromatic carbocycles. The number of fused-ring (bicyclic) bond motifs is 4. The number of halogens is 3. The van der Waals surface area contributed by atoms with E-state index in [-0.39, 0.29) is 24.0 Å². The highest BCUT2D eigenvalue weighted by molar-refractivity contribution is 14.1. The van der Waals surface area contributed by atoms with Crippen LogP contribution in [0.2, 0.25) is 5.02 Å². The molecule has 0 amide bonds. The molecule has 0 radical (unpaired) electrons. The van der Waals surface area contributed by atoms with Crippen molar-refractivity contribution in [2.45, 2.75) is 0 Å². The minimum atomic E-state index is 0. The molecule has 106 valence electrons. The lowest BCUT2D eigenvalue weighted by molar-refractivity contribution is -0.616. The van der Waals surface area contributed by atoms with Crippen molar-refractivity contribution in [1.29, 1.82) is 0 Å². The van der Waals surface area contributed by atoms with Crippen LogP contribution in [0, 0.1) is 3.57 Å². The number of hydrogen-bond acceptors (Lipinski definition) is 0. The van der Waals surface area contributed by atoms with E-state index in [0.717, 1.165) is 27.0 Å². The van der Waals surface area contributed by atoms with Crippen LogP contribution in [0.15, 0.2) is 42.5 Å². The van der Waals surface area contributed by atoms with E-state index in [9.17, 15) is 0 Å². The lowest BCUT2D eigenvalue weighted by Gasteiger charge is -2.04. The normalized spacial score (nSPS) is 11.2. The molecule has 0 unspecified atom stereocenters. The monoisotopic (exact) mass is 520 g/mol. The third kappa shape index (κ3) is 2.14. The molecule has 0 bridgehead atoms. The third-order valence-corrected chi connectivity index (χ3v) is 5.20. The molecule has 0 atom stereocenters. The number of nitrogens with one attached hydrogen (secondary N) is 1. The van der Waals surface area contributed by atoms with Gasteiger partial charge in [0.2, 0.25) is 11.0 Å². The second kappa shape index (κ2) is 5.55. The van der Waals surface area contributed by atoms with Gasteiger partial charge in [0.05, 0.1) is 24.9 Å². The topological polar surface area (TPSA) is 19.7 Å². The van der Waals surface area contributed by atoms with Crippen LogP contribution in [0.5, 0.6) is 0 Å². The van der Waals surface area contributed by atoms with Gasteiger partial charge in [0, 0.05) is 6.07 Å². The average Bonchev–Trinajstić information content (AvgIpc) is 2.84. The van der Waals surface area contributed by atoms with Crippen LogP contribution < -0.4 is 28.5 Å². The molecular weight excluding hydrogens is 509 g/mol. The van der Waals surface area contributed by atoms with Gasteiger partial charge in [-0.05, 0) is 40.8 Å². The van der Waals surface area contributed by atoms with Gasteiger partial charge in [-0.25, -0.2) is 0 Å². The maximum atomic E-state index is 6.40. The summed E-state index contributed by atoms with van der Waals surface area (Å²) >= 11 is 8.79. The van der Waals surface area contributed by atoms with Crippen LogP contribution in [0.3, 0.4) is 0 Å². The maximum Gasteiger partial charge on any atom is 0.239 e. The summed E-state index contributed by atoms with van der Waals surface area (Å²) in [6.07, 6.45) is 0. The molecule has 1 N–H and O–H groups in total. The molecule has 0 saturated heterocycles. The molecule has 4 aromatic rings. The second-order valence-electron chi connectivity index (χ2n) is 4.90. The van der Waals surface area contributed by atoms with Crippen LogP contribution in [0.25, 0.3) is 32.8 Å². The lowest BCUT2D eigenvalue weighted by Crippen LogP contribution is -3.00. The Labute approximate surface area is 157 Å². The summed E-state index contributed by atoms with van der Waals surface area (Å²) < 4.78 is 3.39. The fourth-order valence-electron chi connectivity index (χ4n) is 2.89. The van der Waals surface area contributed by atoms with Gasteiger partial charge in [0.15, 0.2) is 0 Å². The van der Waals surface area contributed by atoms with Crippen LogP contribution in [-0.4, -0.2) is 4.98 Å². The zero-order valence-electron chi connectivity index (χ0n) is 11.1. The maximum absolute atomic E-state index is 6.40. The first-order valence-electron chi connectivity index (χ1n) is 6.34. The molecule has 2 heterocycles. The number of para-hydroxylation sites is 1. The summed E-state index contributed by atoms with van der Waals surface area (Å²) in [6, 6.07) is 14.5. The molecule has 0 aliphatic heterocycles. The van der Waals surface area contributed by atoms with Gasteiger partial charge in [0.25, 0.3) is 0 Å². The summed E-state index contributed by atoms with van der Waals surface area (Å²) in [6.45, 7) is 0. The molecule has 4 rings (SSSR count). The molecular formula is C16H11ClI2N2. The van der Waals surface area contributed by atoms with Crippen molar-refractivity contribution < 1.29 is 28.5 Å². The number of aromatic amines is 1. The van der Waals surface area contributed by atoms with Gasteiger partial charge in [-0.15, -0.1) is 0 Å². The zero-order chi connectivity index (χ0) is 13.9. The second-order valence-corrected chi connectivity index (χ2v) is 6.39. The highest BCUT2D eigenvalue weighted by Crippen LogP contribution is 2.33. The van der Waals surface area contributed by atoms with E-state index in [4.69, 9.17) is 11.6 Å². The Morgan fingerprint density at radius 1 is 1.10 bits per heavy atom. The van der Waals surface area contributed by atoms with Crippen LogP contribution in [0.4, 0.5) is 0 Å². The molecule has 2 nitrogen and oxygen atoms in total. The van der Waals surface area contributed by atoms with Crippen molar-refractivity contribution >= 4 is 67.0 Å². The zero-order valence-corrected chi connectivity index (χ0v) is 16.2. The number of pyridine rings is 1. The number of H-pyrrole nitrogens is 1. The summed E-state index contributed by atoms with van der Waals surface area (Å²) in [7, 11) is 2.09. The standard InChI is InChI=1S/C16H10ClIN2.HI/c1-20-12-8-4-6-10(17)13(12)14(18)15-16(20)9-5-2-3-7-11(9)19-15;/h2-8H,1H3;1H. The number of benzene rings is 2. The van der Waals surface area contributed by atoms with E-state index >= 15 is 0 Å². The Balaban J connectivity index is 0.00000132. The van der Waals surface area contributed by atoms with E-state index in [1.165, 1.54) is 14.5 Å². The molecule has 0 fully saturated rings. The van der Waals surface area contributed by atoms with Crippen molar-refractivity contribution in [2.24, 2.45) is 7.05 Å². The number of aromatic nitrogens is 2. The lowest BCUT2D eigenvalue weighted by atomic mass is 10.1. The Morgan fingerprint density at radius 2 is 1.86 bits per heavy atom. The predicted molar refractivity (Wildman–Crippen MR) is 92.2 cm³/mol. The average molecular weight is 521 g/mol. The van der Waals surface area contributed by atoms with Gasteiger partial charge in [-0.3, -0.25) is 0 Å². The van der Waals surface area contributed by atoms with E-state index in [2.05, 4.69) is 69.5 Å². The minimum absolute atomic E-state index is 0. The molecule has 5 heteroatoms. The molecule has 0 spiro atoms. The fraction of sp³-hybridized carbons (Fsp3) is 0.0625. The van der Waals surface area contributed by atoms with Crippen LogP contribution in [-0.2, 0) is 7.05 Å². The highest BCUT2D eigenvalue weighted by atomic mass is 127. The van der Waals surface area contributed by atoms with Crippen molar-refractivity contribution in [3.63, 3.8) is 0 Å². The first-order chi connectivity index (χ1) is 9.68. The SMILES string of the molecule is C[n+]1c2cccc(Cl)c2c(I)c2[nH]c3ccccc3c21.[I-]. The summed E-state index contributed by atoms with van der Waals surface area (Å²) in [4.78, 5) is 3.52. The largest absolute Gasteiger partial charge is 1.00 e. The van der Waals surface area contributed by atoms with Gasteiger partial charge < -0.3 is 29.0 Å². The molecule has 0 saturated carbocycles. The van der Waals surface area contributed by atoms with E-state index < -0.39 is 0 Å². The number of aryl methyl sites for hydroxylation is 1. The molecule has 0 aliphatic rings. The Morgan fingerprint density at radius 3 is 2.67 bits per heavy atom. The van der Waals surface area contributed by atoms with E-state index in [0.29, 0.717) is 0 Å². The van der Waals surface area contributed by atoms with Crippen LogP contribution >= 0.6 is 34.2 Å². The number of nitrogens with zero attached hydrogens (tertiary/aromatic N) is 1. The first-order valence-corrected chi connectivity index (χ1v) is 7.80. The molecule has 21 heavy (non-hydrogen) atoms. The van der Waals surface area contributed by atoms with Crippen molar-refractivity contribution in [3.8, 4) is 0 Å². The Kier molecular flexibility index (Phi) is 4.04. The van der Waals surface area contributed by atoms with Gasteiger partial charge >= 0.3 is 0 Å². The van der Waals surface area contributed by atoms with Crippen molar-refractivity contribution in [2.75, 3.05) is 0 Å². The Hall–Kier alpha value is -0.600. The quantitative estimate of drug-likeness (QED) is 0.268. The summed E-state index contributed by atoms with van der Waals surface area (Å²) in [5.41, 5.74) is 4.68. The minimum Gasteiger partial charge on any atom is -1.00 e. The molecule has 2 aromatic heterocycles. The van der Waals surface area contributed by atoms with E-state index in [1.807, 2.05) is 12.1 Å². The highest BCUT2D eigenvalue weighted by Gasteiger charge is 2.22. The molecule has 0 aliphatic carbocycles. The van der Waals surface area contributed by atoms with Crippen molar-refractivity contribution in [1.82, 2.24) is 4.98 Å². The first kappa shape index (κ1) is 15.3. The predicted octanol–water partition coefficient (Wildman–Crippen LogP) is 1.56. The summed E-state index contributed by atoms with van der Waals surface area (Å²) in [5.74, 6) is 0. The van der Waals surface area contributed by atoms with Gasteiger partial charge in [-0.2, -0.15) is 4.57 Å². The summed E-state index contributed by atoms with van der Waals surface area (Å²) in [5, 5.41) is 3.14.